The molecule has 0 bridgehead atoms. The molecule has 0 aliphatic carbocycles. The van der Waals surface area contributed by atoms with E-state index in [-0.39, 0.29) is 22.6 Å². The SMILES string of the molecule is Cc1c(F)cc(-c2cc(C(F)(F)F)ccc2C(C)C)cc1F. The summed E-state index contributed by atoms with van der Waals surface area (Å²) in [4.78, 5) is 0. The van der Waals surface area contributed by atoms with Crippen molar-refractivity contribution >= 4 is 0 Å². The summed E-state index contributed by atoms with van der Waals surface area (Å²) in [7, 11) is 0. The predicted octanol–water partition coefficient (Wildman–Crippen LogP) is 6.08. The summed E-state index contributed by atoms with van der Waals surface area (Å²) >= 11 is 0. The van der Waals surface area contributed by atoms with E-state index in [2.05, 4.69) is 0 Å². The van der Waals surface area contributed by atoms with Gasteiger partial charge in [-0.1, -0.05) is 19.9 Å². The van der Waals surface area contributed by atoms with Gasteiger partial charge < -0.3 is 0 Å². The van der Waals surface area contributed by atoms with Crippen molar-refractivity contribution < 1.29 is 22.0 Å². The van der Waals surface area contributed by atoms with Gasteiger partial charge in [0.1, 0.15) is 11.6 Å². The van der Waals surface area contributed by atoms with E-state index in [1.165, 1.54) is 13.0 Å². The van der Waals surface area contributed by atoms with E-state index < -0.39 is 23.4 Å². The topological polar surface area (TPSA) is 0 Å². The molecule has 0 aliphatic rings. The van der Waals surface area contributed by atoms with Crippen molar-refractivity contribution in [1.82, 2.24) is 0 Å². The summed E-state index contributed by atoms with van der Waals surface area (Å²) in [6.45, 7) is 4.91. The monoisotopic (exact) mass is 314 g/mol. The number of benzene rings is 2. The summed E-state index contributed by atoms with van der Waals surface area (Å²) in [5.41, 5.74) is -0.0798. The van der Waals surface area contributed by atoms with Crippen molar-refractivity contribution in [2.45, 2.75) is 32.9 Å². The Labute approximate surface area is 125 Å². The number of hydrogen-bond donors (Lipinski definition) is 0. The lowest BCUT2D eigenvalue weighted by molar-refractivity contribution is -0.137. The Morgan fingerprint density at radius 1 is 0.909 bits per heavy atom. The van der Waals surface area contributed by atoms with E-state index in [1.807, 2.05) is 13.8 Å². The van der Waals surface area contributed by atoms with Gasteiger partial charge in [-0.05, 0) is 53.8 Å². The first kappa shape index (κ1) is 16.5. The van der Waals surface area contributed by atoms with Gasteiger partial charge in [-0.25, -0.2) is 8.78 Å². The standard InChI is InChI=1S/C17H15F5/c1-9(2)13-5-4-12(17(20,21)22)8-14(13)11-6-15(18)10(3)16(19)7-11/h4-9H,1-3H3. The van der Waals surface area contributed by atoms with Crippen LogP contribution in [0, 0.1) is 18.6 Å². The molecule has 0 amide bonds. The smallest absolute Gasteiger partial charge is 0.207 e. The van der Waals surface area contributed by atoms with Crippen molar-refractivity contribution in [3.8, 4) is 11.1 Å². The maximum atomic E-state index is 13.7. The first-order valence-corrected chi connectivity index (χ1v) is 6.78. The third kappa shape index (κ3) is 3.13. The average Bonchev–Trinajstić information content (AvgIpc) is 2.42. The largest absolute Gasteiger partial charge is 0.416 e. The Bertz CT molecular complexity index is 676. The van der Waals surface area contributed by atoms with Gasteiger partial charge in [-0.3, -0.25) is 0 Å². The van der Waals surface area contributed by atoms with Crippen LogP contribution in [0.3, 0.4) is 0 Å². The van der Waals surface area contributed by atoms with E-state index in [4.69, 9.17) is 0 Å². The molecule has 0 unspecified atom stereocenters. The number of rotatable bonds is 2. The van der Waals surface area contributed by atoms with Gasteiger partial charge in [-0.2, -0.15) is 13.2 Å². The van der Waals surface area contributed by atoms with Crippen LogP contribution in [0.1, 0.15) is 36.5 Å². The summed E-state index contributed by atoms with van der Waals surface area (Å²) in [6, 6.07) is 5.43. The van der Waals surface area contributed by atoms with Gasteiger partial charge in [0, 0.05) is 5.56 Å². The summed E-state index contributed by atoms with van der Waals surface area (Å²) in [5, 5.41) is 0. The van der Waals surface area contributed by atoms with Crippen LogP contribution in [-0.2, 0) is 6.18 Å². The highest BCUT2D eigenvalue weighted by Gasteiger charge is 2.31. The molecule has 0 fully saturated rings. The Morgan fingerprint density at radius 2 is 1.45 bits per heavy atom. The van der Waals surface area contributed by atoms with Crippen LogP contribution in [0.4, 0.5) is 22.0 Å². The molecular weight excluding hydrogens is 299 g/mol. The van der Waals surface area contributed by atoms with Crippen LogP contribution in [0.5, 0.6) is 0 Å². The third-order valence-electron chi connectivity index (χ3n) is 3.59. The Balaban J connectivity index is 2.71. The Kier molecular flexibility index (Phi) is 4.27. The van der Waals surface area contributed by atoms with Crippen LogP contribution < -0.4 is 0 Å². The van der Waals surface area contributed by atoms with E-state index in [1.54, 1.807) is 0 Å². The van der Waals surface area contributed by atoms with E-state index in [0.717, 1.165) is 24.3 Å². The van der Waals surface area contributed by atoms with Crippen LogP contribution in [-0.4, -0.2) is 0 Å². The minimum absolute atomic E-state index is 0.0790. The molecule has 118 valence electrons. The summed E-state index contributed by atoms with van der Waals surface area (Å²) in [6.07, 6.45) is -4.51. The zero-order valence-corrected chi connectivity index (χ0v) is 12.4. The molecule has 0 saturated carbocycles. The maximum Gasteiger partial charge on any atom is 0.416 e. The second-order valence-electron chi connectivity index (χ2n) is 5.52. The molecule has 0 radical (unpaired) electrons. The molecule has 0 heterocycles. The fourth-order valence-corrected chi connectivity index (χ4v) is 2.29. The van der Waals surface area contributed by atoms with Crippen molar-refractivity contribution in [3.05, 3.63) is 58.7 Å². The summed E-state index contributed by atoms with van der Waals surface area (Å²) < 4.78 is 66.1. The van der Waals surface area contributed by atoms with E-state index in [9.17, 15) is 22.0 Å². The molecule has 0 aliphatic heterocycles. The molecular formula is C17H15F5. The second-order valence-corrected chi connectivity index (χ2v) is 5.52. The normalized spacial score (nSPS) is 12.0. The lowest BCUT2D eigenvalue weighted by Crippen LogP contribution is -2.06. The molecule has 0 atom stereocenters. The molecule has 0 N–H and O–H groups in total. The zero-order valence-electron chi connectivity index (χ0n) is 12.4. The molecule has 0 spiro atoms. The maximum absolute atomic E-state index is 13.7. The van der Waals surface area contributed by atoms with Gasteiger partial charge in [0.25, 0.3) is 0 Å². The van der Waals surface area contributed by atoms with E-state index >= 15 is 0 Å². The highest BCUT2D eigenvalue weighted by atomic mass is 19.4. The Hall–Kier alpha value is -1.91. The zero-order chi connectivity index (χ0) is 16.7. The number of halogens is 5. The molecule has 2 aromatic carbocycles. The molecule has 2 aromatic rings. The van der Waals surface area contributed by atoms with Gasteiger partial charge >= 0.3 is 6.18 Å². The second kappa shape index (κ2) is 5.71. The lowest BCUT2D eigenvalue weighted by atomic mass is 9.90. The quantitative estimate of drug-likeness (QED) is 0.589. The van der Waals surface area contributed by atoms with Crippen LogP contribution in [0.15, 0.2) is 30.3 Å². The van der Waals surface area contributed by atoms with Crippen molar-refractivity contribution in [1.29, 1.82) is 0 Å². The minimum atomic E-state index is -4.51. The van der Waals surface area contributed by atoms with Crippen LogP contribution in [0.25, 0.3) is 11.1 Å². The molecule has 5 heteroatoms. The molecule has 0 saturated heterocycles. The first-order valence-electron chi connectivity index (χ1n) is 6.78. The third-order valence-corrected chi connectivity index (χ3v) is 3.59. The van der Waals surface area contributed by atoms with E-state index in [0.29, 0.717) is 5.56 Å². The van der Waals surface area contributed by atoms with Crippen LogP contribution in [0.2, 0.25) is 0 Å². The predicted molar refractivity (Wildman–Crippen MR) is 75.6 cm³/mol. The molecule has 2 rings (SSSR count). The van der Waals surface area contributed by atoms with Gasteiger partial charge in [0.15, 0.2) is 0 Å². The van der Waals surface area contributed by atoms with Gasteiger partial charge in [0.05, 0.1) is 5.56 Å². The molecule has 0 aromatic heterocycles. The highest BCUT2D eigenvalue weighted by molar-refractivity contribution is 5.69. The fraction of sp³-hybridized carbons (Fsp3) is 0.294. The summed E-state index contributed by atoms with van der Waals surface area (Å²) in [5.74, 6) is -1.63. The number of hydrogen-bond acceptors (Lipinski definition) is 0. The van der Waals surface area contributed by atoms with Crippen molar-refractivity contribution in [2.24, 2.45) is 0 Å². The average molecular weight is 314 g/mol. The van der Waals surface area contributed by atoms with Crippen LogP contribution >= 0.6 is 0 Å². The fourth-order valence-electron chi connectivity index (χ4n) is 2.29. The first-order chi connectivity index (χ1) is 10.1. The van der Waals surface area contributed by atoms with Gasteiger partial charge in [-0.15, -0.1) is 0 Å². The Morgan fingerprint density at radius 3 is 1.91 bits per heavy atom. The highest BCUT2D eigenvalue weighted by Crippen LogP contribution is 2.37. The van der Waals surface area contributed by atoms with Crippen molar-refractivity contribution in [3.63, 3.8) is 0 Å². The minimum Gasteiger partial charge on any atom is -0.207 e. The molecule has 0 nitrogen and oxygen atoms in total. The lowest BCUT2D eigenvalue weighted by Gasteiger charge is -2.17. The van der Waals surface area contributed by atoms with Crippen molar-refractivity contribution in [2.75, 3.05) is 0 Å². The number of alkyl halides is 3. The van der Waals surface area contributed by atoms with Gasteiger partial charge in [0.2, 0.25) is 0 Å². The molecule has 22 heavy (non-hydrogen) atoms.